The number of halogens is 2. The molecule has 0 radical (unpaired) electrons. The van der Waals surface area contributed by atoms with Crippen molar-refractivity contribution < 1.29 is 77.0 Å². The van der Waals surface area contributed by atoms with Crippen LogP contribution in [0, 0.1) is 0 Å². The molecular formula is C26H40I2N4O4. The summed E-state index contributed by atoms with van der Waals surface area (Å²) >= 11 is 0. The van der Waals surface area contributed by atoms with Gasteiger partial charge in [-0.2, -0.15) is 9.13 Å². The molecule has 0 amide bonds. The van der Waals surface area contributed by atoms with E-state index in [1.807, 2.05) is 59.9 Å². The lowest BCUT2D eigenvalue weighted by molar-refractivity contribution is -0.672. The number of ether oxygens (including phenoxy) is 2. The maximum Gasteiger partial charge on any atom is 0.269 e. The second kappa shape index (κ2) is 21.4. The summed E-state index contributed by atoms with van der Waals surface area (Å²) in [5.41, 5.74) is 1.51. The fourth-order valence-corrected chi connectivity index (χ4v) is 3.84. The second-order valence-electron chi connectivity index (χ2n) is 8.46. The molecule has 8 nitrogen and oxygen atoms in total. The fourth-order valence-electron chi connectivity index (χ4n) is 3.84. The Hall–Kier alpha value is -1.70. The van der Waals surface area contributed by atoms with Crippen molar-refractivity contribution in [3.8, 4) is 11.5 Å². The summed E-state index contributed by atoms with van der Waals surface area (Å²) in [6, 6.07) is 7.64. The first-order chi connectivity index (χ1) is 16.7. The average Bonchev–Trinajstić information content (AvgIpc) is 2.83. The first-order valence-corrected chi connectivity index (χ1v) is 12.2. The summed E-state index contributed by atoms with van der Waals surface area (Å²) in [6.45, 7) is 1.35. The first-order valence-electron chi connectivity index (χ1n) is 12.2. The van der Waals surface area contributed by atoms with Gasteiger partial charge in [0.1, 0.15) is 26.5 Å². The lowest BCUT2D eigenvalue weighted by atomic mass is 10.1. The number of aromatic nitrogens is 2. The van der Waals surface area contributed by atoms with Crippen LogP contribution in [-0.4, -0.2) is 36.1 Å². The van der Waals surface area contributed by atoms with Gasteiger partial charge in [-0.1, -0.05) is 61.7 Å². The highest BCUT2D eigenvalue weighted by atomic mass is 127. The van der Waals surface area contributed by atoms with E-state index in [1.54, 1.807) is 0 Å². The Morgan fingerprint density at radius 1 is 0.639 bits per heavy atom. The molecule has 2 N–H and O–H groups in total. The molecule has 0 aliphatic carbocycles. The Balaban J connectivity index is 0.00000612. The highest BCUT2D eigenvalue weighted by molar-refractivity contribution is 5.78. The minimum atomic E-state index is 0. The van der Waals surface area contributed by atoms with Crippen LogP contribution in [0.15, 0.2) is 47.0 Å². The minimum Gasteiger partial charge on any atom is -1.00 e. The summed E-state index contributed by atoms with van der Waals surface area (Å²) in [5, 5.41) is 23.9. The van der Waals surface area contributed by atoms with E-state index in [9.17, 15) is 0 Å². The number of pyridine rings is 2. The maximum absolute atomic E-state index is 8.81. The van der Waals surface area contributed by atoms with Crippen LogP contribution in [0.1, 0.15) is 75.6 Å². The number of hydrogen-bond donors (Lipinski definition) is 2. The van der Waals surface area contributed by atoms with Crippen molar-refractivity contribution in [1.29, 1.82) is 0 Å². The molecule has 202 valence electrons. The van der Waals surface area contributed by atoms with E-state index in [0.29, 0.717) is 13.2 Å². The molecule has 0 unspecified atom stereocenters. The zero-order chi connectivity index (χ0) is 24.4. The molecule has 2 rings (SSSR count). The summed E-state index contributed by atoms with van der Waals surface area (Å²) < 4.78 is 15.5. The summed E-state index contributed by atoms with van der Waals surface area (Å²) in [6.07, 6.45) is 18.6. The predicted octanol–water partition coefficient (Wildman–Crippen LogP) is -1.68. The van der Waals surface area contributed by atoms with E-state index in [4.69, 9.17) is 19.9 Å². The molecule has 0 fully saturated rings. The number of nitrogens with zero attached hydrogens (tertiary/aromatic N) is 4. The molecule has 0 atom stereocenters. The highest BCUT2D eigenvalue weighted by Gasteiger charge is 2.13. The molecule has 0 spiro atoms. The lowest BCUT2D eigenvalue weighted by Crippen LogP contribution is -3.00. The Labute approximate surface area is 249 Å². The van der Waals surface area contributed by atoms with Gasteiger partial charge in [-0.3, -0.25) is 0 Å². The normalized spacial score (nSPS) is 10.8. The maximum atomic E-state index is 8.81. The van der Waals surface area contributed by atoms with Gasteiger partial charge in [0.15, 0.2) is 23.9 Å². The third-order valence-electron chi connectivity index (χ3n) is 5.79. The molecule has 0 saturated heterocycles. The van der Waals surface area contributed by atoms with Gasteiger partial charge in [-0.15, -0.1) is 0 Å². The molecule has 0 aliphatic rings. The van der Waals surface area contributed by atoms with E-state index < -0.39 is 0 Å². The largest absolute Gasteiger partial charge is 1.00 e. The number of unbranched alkanes of at least 4 members (excludes halogenated alkanes) is 9. The Bertz CT molecular complexity index is 840. The van der Waals surface area contributed by atoms with E-state index in [-0.39, 0.29) is 48.0 Å². The summed E-state index contributed by atoms with van der Waals surface area (Å²) in [5.74, 6) is 1.48. The van der Waals surface area contributed by atoms with Gasteiger partial charge >= 0.3 is 0 Å². The first kappa shape index (κ1) is 34.3. The molecule has 0 bridgehead atoms. The van der Waals surface area contributed by atoms with Crippen molar-refractivity contribution in [2.45, 2.75) is 64.2 Å². The topological polar surface area (TPSA) is 91.4 Å². The highest BCUT2D eigenvalue weighted by Crippen LogP contribution is 2.15. The molecule has 2 aromatic rings. The number of rotatable bonds is 17. The van der Waals surface area contributed by atoms with Crippen molar-refractivity contribution in [3.63, 3.8) is 0 Å². The van der Waals surface area contributed by atoms with Crippen molar-refractivity contribution in [1.82, 2.24) is 0 Å². The Kier molecular flexibility index (Phi) is 20.4. The van der Waals surface area contributed by atoms with Crippen LogP contribution in [0.25, 0.3) is 0 Å². The number of hydrogen-bond acceptors (Lipinski definition) is 6. The average molecular weight is 726 g/mol. The SMILES string of the molecule is C[n+]1cccc(OCCCCCCCCCCCCOc2ccc[n+](C)c2/C=N/O)c1/C=N/O.[I-].[I-]. The Morgan fingerprint density at radius 2 is 0.972 bits per heavy atom. The zero-order valence-electron chi connectivity index (χ0n) is 21.4. The van der Waals surface area contributed by atoms with Gasteiger partial charge in [0.25, 0.3) is 11.4 Å². The van der Waals surface area contributed by atoms with E-state index in [2.05, 4.69) is 10.3 Å². The second-order valence-corrected chi connectivity index (χ2v) is 8.46. The predicted molar refractivity (Wildman–Crippen MR) is 131 cm³/mol. The van der Waals surface area contributed by atoms with Crippen molar-refractivity contribution in [2.24, 2.45) is 24.4 Å². The van der Waals surface area contributed by atoms with Crippen molar-refractivity contribution in [3.05, 3.63) is 48.0 Å². The number of oxime groups is 2. The molecular weight excluding hydrogens is 686 g/mol. The monoisotopic (exact) mass is 726 g/mol. The van der Waals surface area contributed by atoms with Crippen LogP contribution >= 0.6 is 0 Å². The van der Waals surface area contributed by atoms with Gasteiger partial charge in [-0.05, 0) is 25.0 Å². The molecule has 2 heterocycles. The van der Waals surface area contributed by atoms with Gasteiger partial charge in [0, 0.05) is 12.1 Å². The van der Waals surface area contributed by atoms with Crippen LogP contribution in [0.5, 0.6) is 11.5 Å². The van der Waals surface area contributed by atoms with Gasteiger partial charge < -0.3 is 67.8 Å². The van der Waals surface area contributed by atoms with Crippen LogP contribution in [0.4, 0.5) is 0 Å². The van der Waals surface area contributed by atoms with Gasteiger partial charge in [0.05, 0.1) is 13.2 Å². The quantitative estimate of drug-likeness (QED) is 0.0510. The van der Waals surface area contributed by atoms with Crippen LogP contribution in [-0.2, 0) is 14.1 Å². The van der Waals surface area contributed by atoms with Gasteiger partial charge in [-0.25, -0.2) is 0 Å². The van der Waals surface area contributed by atoms with Crippen molar-refractivity contribution in [2.75, 3.05) is 13.2 Å². The van der Waals surface area contributed by atoms with Crippen molar-refractivity contribution >= 4 is 12.4 Å². The minimum absolute atomic E-state index is 0. The standard InChI is InChI=1S/C26H38N4O4.2HI/c1-29-17-13-15-25(23(29)21-27-31)33-19-11-9-7-5-3-4-6-8-10-12-20-34-26-16-14-18-30(2)24(26)22-28-32;;/h13-18,21-22H,3-12,19-20H2,1-2H3;2*1H. The third-order valence-corrected chi connectivity index (χ3v) is 5.79. The fraction of sp³-hybridized carbons (Fsp3) is 0.538. The van der Waals surface area contributed by atoms with Crippen LogP contribution in [0.3, 0.4) is 0 Å². The molecule has 36 heavy (non-hydrogen) atoms. The molecule has 0 aromatic carbocycles. The van der Waals surface area contributed by atoms with E-state index >= 15 is 0 Å². The Morgan fingerprint density at radius 3 is 1.31 bits per heavy atom. The van der Waals surface area contributed by atoms with Crippen LogP contribution < -0.4 is 66.6 Å². The molecule has 0 saturated carbocycles. The lowest BCUT2D eigenvalue weighted by Gasteiger charge is -2.07. The summed E-state index contributed by atoms with van der Waals surface area (Å²) in [4.78, 5) is 0. The number of aryl methyl sites for hydroxylation is 2. The molecule has 0 aliphatic heterocycles. The van der Waals surface area contributed by atoms with E-state index in [0.717, 1.165) is 35.7 Å². The van der Waals surface area contributed by atoms with Crippen LogP contribution in [0.2, 0.25) is 0 Å². The zero-order valence-corrected chi connectivity index (χ0v) is 25.7. The van der Waals surface area contributed by atoms with E-state index in [1.165, 1.54) is 63.8 Å². The smallest absolute Gasteiger partial charge is 0.269 e. The third kappa shape index (κ3) is 13.0. The van der Waals surface area contributed by atoms with Gasteiger partial charge in [0.2, 0.25) is 0 Å². The molecule has 10 heteroatoms. The summed E-state index contributed by atoms with van der Waals surface area (Å²) in [7, 11) is 3.79. The molecule has 2 aromatic heterocycles.